The highest BCUT2D eigenvalue weighted by molar-refractivity contribution is 7.33. The van der Waals surface area contributed by atoms with Crippen molar-refractivity contribution < 1.29 is 37.4 Å². The van der Waals surface area contributed by atoms with Crippen molar-refractivity contribution in [3.8, 4) is 0 Å². The number of hydrogen-bond donors (Lipinski definition) is 0. The van der Waals surface area contributed by atoms with E-state index < -0.39 is 14.4 Å². The Kier molecular flexibility index (Phi) is 12.4. The van der Waals surface area contributed by atoms with Gasteiger partial charge in [-0.1, -0.05) is 65.5 Å². The molecule has 252 valence electrons. The first-order valence-electron chi connectivity index (χ1n) is 17.5. The van der Waals surface area contributed by atoms with Gasteiger partial charge in [-0.25, -0.2) is 4.79 Å². The predicted molar refractivity (Wildman–Crippen MR) is 173 cm³/mol. The minimum atomic E-state index is -2.37. The standard InChI is InChI=1S/C35H62NO7P/c1-25(2)10-9-11-26(3)30-14-15-31-29-13-12-27-24-28(16-18-34(27,4)32(29)17-19-35(30,31)5)42-33(37)39-22-23-40-43-44(38)41-21-20-36(6,7)8/h12,25-26,28-32H,9-11,13-24H2,1-8H3/q+2/t26-,28+,29?,30-,31?,32?,34+,35-/m1/s1. The maximum absolute atomic E-state index is 12.4. The lowest BCUT2D eigenvalue weighted by atomic mass is 9.47. The normalized spacial score (nSPS) is 34.4. The molecule has 4 unspecified atom stereocenters. The molecule has 0 aromatic rings. The molecule has 9 heteroatoms. The number of rotatable bonds is 15. The smallest absolute Gasteiger partial charge is 0.432 e. The van der Waals surface area contributed by atoms with Crippen molar-refractivity contribution in [1.29, 1.82) is 0 Å². The van der Waals surface area contributed by atoms with Crippen molar-refractivity contribution in [1.82, 2.24) is 0 Å². The van der Waals surface area contributed by atoms with Crippen LogP contribution in [0.15, 0.2) is 11.6 Å². The molecule has 3 saturated carbocycles. The van der Waals surface area contributed by atoms with Crippen molar-refractivity contribution >= 4 is 14.4 Å². The number of hydrogen-bond acceptors (Lipinski definition) is 7. The van der Waals surface area contributed by atoms with Gasteiger partial charge in [0, 0.05) is 11.0 Å². The maximum atomic E-state index is 12.4. The molecule has 0 aromatic carbocycles. The molecule has 0 bridgehead atoms. The van der Waals surface area contributed by atoms with Crippen LogP contribution in [0.4, 0.5) is 4.79 Å². The van der Waals surface area contributed by atoms with E-state index in [0.29, 0.717) is 23.0 Å². The van der Waals surface area contributed by atoms with Crippen LogP contribution in [0.3, 0.4) is 0 Å². The van der Waals surface area contributed by atoms with Crippen LogP contribution >= 0.6 is 8.25 Å². The second kappa shape index (κ2) is 15.2. The predicted octanol–water partition coefficient (Wildman–Crippen LogP) is 8.88. The first-order chi connectivity index (χ1) is 20.7. The van der Waals surface area contributed by atoms with E-state index in [4.69, 9.17) is 23.6 Å². The molecule has 0 heterocycles. The maximum Gasteiger partial charge on any atom is 0.728 e. The Morgan fingerprint density at radius 2 is 1.77 bits per heavy atom. The SMILES string of the molecule is CC(C)CCC[C@@H](C)[C@H]1CCC2C3CC=C4C[C@@H](OC(=O)OCCOO[P+](=O)OCC[N+](C)(C)C)CC[C@]4(C)C3CC[C@@]21C. The highest BCUT2D eigenvalue weighted by atomic mass is 31.1. The zero-order valence-electron chi connectivity index (χ0n) is 29.0. The number of nitrogens with zero attached hydrogens (tertiary/aromatic N) is 1. The Balaban J connectivity index is 1.21. The molecular formula is C35H62NO7P+2. The molecule has 0 spiro atoms. The van der Waals surface area contributed by atoms with E-state index in [2.05, 4.69) is 40.7 Å². The number of likely N-dealkylation sites (N-methyl/N-ethyl adjacent to an activating group) is 1. The summed E-state index contributed by atoms with van der Waals surface area (Å²) in [5.41, 5.74) is 2.20. The summed E-state index contributed by atoms with van der Waals surface area (Å²) >= 11 is 0. The van der Waals surface area contributed by atoms with Crippen LogP contribution < -0.4 is 0 Å². The van der Waals surface area contributed by atoms with Crippen molar-refractivity contribution in [3.63, 3.8) is 0 Å². The van der Waals surface area contributed by atoms with Crippen LogP contribution in [0, 0.1) is 46.3 Å². The Bertz CT molecular complexity index is 1010. The molecule has 4 aliphatic rings. The van der Waals surface area contributed by atoms with Gasteiger partial charge in [-0.3, -0.25) is 0 Å². The molecule has 8 nitrogen and oxygen atoms in total. The van der Waals surface area contributed by atoms with Crippen molar-refractivity contribution in [3.05, 3.63) is 11.6 Å². The van der Waals surface area contributed by atoms with E-state index in [0.717, 1.165) is 54.8 Å². The summed E-state index contributed by atoms with van der Waals surface area (Å²) in [4.78, 5) is 17.3. The van der Waals surface area contributed by atoms with Crippen LogP contribution in [0.25, 0.3) is 0 Å². The van der Waals surface area contributed by atoms with Gasteiger partial charge in [-0.15, -0.1) is 4.52 Å². The largest absolute Gasteiger partial charge is 0.728 e. The Hall–Kier alpha value is -1.05. The van der Waals surface area contributed by atoms with E-state index in [1.54, 1.807) is 0 Å². The summed E-state index contributed by atoms with van der Waals surface area (Å²) in [7, 11) is 3.68. The molecule has 0 aliphatic heterocycles. The third-order valence-electron chi connectivity index (χ3n) is 12.0. The van der Waals surface area contributed by atoms with E-state index in [9.17, 15) is 9.36 Å². The Labute approximate surface area is 268 Å². The molecule has 0 saturated heterocycles. The van der Waals surface area contributed by atoms with E-state index in [1.165, 1.54) is 56.9 Å². The van der Waals surface area contributed by atoms with Gasteiger partial charge in [0.05, 0.1) is 25.8 Å². The summed E-state index contributed by atoms with van der Waals surface area (Å²) < 4.78 is 33.1. The molecule has 0 radical (unpaired) electrons. The van der Waals surface area contributed by atoms with Crippen LogP contribution in [0.2, 0.25) is 0 Å². The third-order valence-corrected chi connectivity index (χ3v) is 12.6. The fourth-order valence-corrected chi connectivity index (χ4v) is 10.0. The van der Waals surface area contributed by atoms with Crippen molar-refractivity contribution in [2.75, 3.05) is 47.5 Å². The molecule has 0 aromatic heterocycles. The van der Waals surface area contributed by atoms with Gasteiger partial charge in [0.2, 0.25) is 0 Å². The number of allylic oxidation sites excluding steroid dienone is 1. The molecule has 4 aliphatic carbocycles. The van der Waals surface area contributed by atoms with Gasteiger partial charge in [0.15, 0.2) is 6.61 Å². The van der Waals surface area contributed by atoms with Gasteiger partial charge in [-0.05, 0) is 91.3 Å². The number of fused-ring (bicyclic) bond motifs is 5. The van der Waals surface area contributed by atoms with Crippen molar-refractivity contribution in [2.45, 2.75) is 111 Å². The fraction of sp³-hybridized carbons (Fsp3) is 0.914. The molecule has 44 heavy (non-hydrogen) atoms. The van der Waals surface area contributed by atoms with Gasteiger partial charge in [0.25, 0.3) is 0 Å². The first kappa shape index (κ1) is 35.8. The quantitative estimate of drug-likeness (QED) is 0.0337. The number of quaternary nitrogens is 1. The fourth-order valence-electron chi connectivity index (χ4n) is 9.57. The minimum absolute atomic E-state index is 0.0464. The number of carbonyl (C=O) groups is 1. The van der Waals surface area contributed by atoms with E-state index in [-0.39, 0.29) is 24.7 Å². The van der Waals surface area contributed by atoms with Gasteiger partial charge in [0.1, 0.15) is 25.9 Å². The average Bonchev–Trinajstić information content (AvgIpc) is 3.29. The highest BCUT2D eigenvalue weighted by Crippen LogP contribution is 2.67. The molecule has 4 rings (SSSR count). The summed E-state index contributed by atoms with van der Waals surface area (Å²) in [5.74, 6) is 4.89. The van der Waals surface area contributed by atoms with Gasteiger partial charge < -0.3 is 14.0 Å². The summed E-state index contributed by atoms with van der Waals surface area (Å²) in [6, 6.07) is 0. The van der Waals surface area contributed by atoms with Gasteiger partial charge >= 0.3 is 14.4 Å². The summed E-state index contributed by atoms with van der Waals surface area (Å²) in [6.45, 7) is 13.3. The summed E-state index contributed by atoms with van der Waals surface area (Å²) in [6.07, 6.45) is 15.3. The first-order valence-corrected chi connectivity index (χ1v) is 18.6. The lowest BCUT2D eigenvalue weighted by Crippen LogP contribution is -2.51. The van der Waals surface area contributed by atoms with E-state index >= 15 is 0 Å². The molecule has 0 N–H and O–H groups in total. The zero-order valence-corrected chi connectivity index (χ0v) is 29.9. The lowest BCUT2D eigenvalue weighted by Gasteiger charge is -2.58. The van der Waals surface area contributed by atoms with E-state index in [1.807, 2.05) is 21.1 Å². The van der Waals surface area contributed by atoms with Crippen LogP contribution in [-0.4, -0.2) is 64.3 Å². The molecule has 3 fully saturated rings. The van der Waals surface area contributed by atoms with Crippen LogP contribution in [-0.2, 0) is 28.1 Å². The van der Waals surface area contributed by atoms with Crippen molar-refractivity contribution in [2.24, 2.45) is 46.3 Å². The third kappa shape index (κ3) is 8.85. The number of carbonyl (C=O) groups excluding carboxylic acids is 1. The summed E-state index contributed by atoms with van der Waals surface area (Å²) in [5, 5.41) is 0. The van der Waals surface area contributed by atoms with Crippen LogP contribution in [0.1, 0.15) is 105 Å². The van der Waals surface area contributed by atoms with Gasteiger partial charge in [-0.2, -0.15) is 4.89 Å². The highest BCUT2D eigenvalue weighted by Gasteiger charge is 2.59. The molecular weight excluding hydrogens is 577 g/mol. The minimum Gasteiger partial charge on any atom is -0.432 e. The second-order valence-corrected chi connectivity index (χ2v) is 17.2. The second-order valence-electron chi connectivity index (χ2n) is 16.3. The van der Waals surface area contributed by atoms with Crippen LogP contribution in [0.5, 0.6) is 0 Å². The lowest BCUT2D eigenvalue weighted by molar-refractivity contribution is -0.870. The number of ether oxygens (including phenoxy) is 2. The zero-order chi connectivity index (χ0) is 32.1. The monoisotopic (exact) mass is 639 g/mol. The Morgan fingerprint density at radius 3 is 2.50 bits per heavy atom. The Morgan fingerprint density at radius 1 is 1.00 bits per heavy atom. The molecule has 0 amide bonds. The topological polar surface area (TPSA) is 80.3 Å². The molecule has 9 atom stereocenters. The average molecular weight is 640 g/mol.